The summed E-state index contributed by atoms with van der Waals surface area (Å²) >= 11 is 11.9. The first kappa shape index (κ1) is 19.5. The molecule has 0 saturated heterocycles. The third kappa shape index (κ3) is 3.86. The molecular weight excluding hydrogens is 411 g/mol. The van der Waals surface area contributed by atoms with Crippen molar-refractivity contribution in [2.24, 2.45) is 0 Å². The number of aryl methyl sites for hydroxylation is 1. The number of aromatic nitrogens is 2. The highest BCUT2D eigenvalue weighted by molar-refractivity contribution is 6.35. The third-order valence-electron chi connectivity index (χ3n) is 4.74. The number of hydrogen-bond donors (Lipinski definition) is 2. The van der Waals surface area contributed by atoms with Crippen LogP contribution in [0, 0.1) is 0 Å². The average Bonchev–Trinajstić information content (AvgIpc) is 3.17. The maximum absolute atomic E-state index is 12.6. The zero-order valence-electron chi connectivity index (χ0n) is 15.6. The molecule has 2 aromatic carbocycles. The van der Waals surface area contributed by atoms with E-state index in [4.69, 9.17) is 23.2 Å². The smallest absolute Gasteiger partial charge is 0.251 e. The topological polar surface area (TPSA) is 76.0 Å². The predicted octanol–water partition coefficient (Wildman–Crippen LogP) is 4.94. The number of rotatable bonds is 5. The minimum Gasteiger partial charge on any atom is -0.326 e. The van der Waals surface area contributed by atoms with Gasteiger partial charge in [0.2, 0.25) is 5.91 Å². The Morgan fingerprint density at radius 3 is 2.52 bits per heavy atom. The molecule has 1 unspecified atom stereocenters. The van der Waals surface area contributed by atoms with E-state index in [9.17, 15) is 9.59 Å². The maximum atomic E-state index is 12.6. The summed E-state index contributed by atoms with van der Waals surface area (Å²) in [5.41, 5.74) is 3.22. The molecule has 2 N–H and O–H groups in total. The molecular formula is C21H18Cl2N4O2. The molecule has 8 heteroatoms. The van der Waals surface area contributed by atoms with Gasteiger partial charge in [-0.05, 0) is 30.2 Å². The Bertz CT molecular complexity index is 1080. The predicted molar refractivity (Wildman–Crippen MR) is 114 cm³/mol. The molecule has 0 saturated carbocycles. The number of nitrogens with one attached hydrogen (secondary N) is 2. The van der Waals surface area contributed by atoms with Crippen molar-refractivity contribution < 1.29 is 9.59 Å². The summed E-state index contributed by atoms with van der Waals surface area (Å²) in [4.78, 5) is 25.1. The highest BCUT2D eigenvalue weighted by Crippen LogP contribution is 2.38. The number of carbonyl (C=O) groups is 2. The quantitative estimate of drug-likeness (QED) is 0.603. The van der Waals surface area contributed by atoms with E-state index in [0.29, 0.717) is 28.0 Å². The zero-order chi connectivity index (χ0) is 20.5. The van der Waals surface area contributed by atoms with Crippen LogP contribution in [0.15, 0.2) is 48.5 Å². The highest BCUT2D eigenvalue weighted by atomic mass is 35.5. The van der Waals surface area contributed by atoms with Crippen molar-refractivity contribution in [2.45, 2.75) is 25.8 Å². The number of amides is 2. The van der Waals surface area contributed by atoms with Gasteiger partial charge in [0.25, 0.3) is 5.91 Å². The van der Waals surface area contributed by atoms with Crippen molar-refractivity contribution in [3.05, 3.63) is 64.3 Å². The van der Waals surface area contributed by atoms with Crippen molar-refractivity contribution in [2.75, 3.05) is 10.6 Å². The van der Waals surface area contributed by atoms with Crippen molar-refractivity contribution in [1.29, 1.82) is 0 Å². The van der Waals surface area contributed by atoms with E-state index in [2.05, 4.69) is 15.7 Å². The number of carbonyl (C=O) groups excluding carboxylic acids is 2. The molecule has 1 aliphatic heterocycles. The van der Waals surface area contributed by atoms with Gasteiger partial charge in [0, 0.05) is 21.3 Å². The third-order valence-corrected chi connectivity index (χ3v) is 5.18. The number of halogens is 2. The van der Waals surface area contributed by atoms with Gasteiger partial charge < -0.3 is 10.6 Å². The monoisotopic (exact) mass is 428 g/mol. The second kappa shape index (κ2) is 7.89. The molecule has 1 atom stereocenters. The molecule has 2 heterocycles. The van der Waals surface area contributed by atoms with Crippen molar-refractivity contribution >= 4 is 46.5 Å². The molecule has 148 valence electrons. The summed E-state index contributed by atoms with van der Waals surface area (Å²) in [5.74, 6) is 0.0411. The lowest BCUT2D eigenvalue weighted by Gasteiger charge is -2.10. The summed E-state index contributed by atoms with van der Waals surface area (Å²) < 4.78 is 1.62. The van der Waals surface area contributed by atoms with Crippen molar-refractivity contribution in [3.63, 3.8) is 0 Å². The van der Waals surface area contributed by atoms with Crippen LogP contribution in [0.3, 0.4) is 0 Å². The summed E-state index contributed by atoms with van der Waals surface area (Å²) in [6, 6.07) is 13.8. The van der Waals surface area contributed by atoms with Gasteiger partial charge >= 0.3 is 0 Å². The zero-order valence-corrected chi connectivity index (χ0v) is 17.1. The fourth-order valence-corrected chi connectivity index (χ4v) is 4.01. The van der Waals surface area contributed by atoms with Gasteiger partial charge in [-0.25, -0.2) is 4.68 Å². The second-order valence-corrected chi connectivity index (χ2v) is 7.62. The summed E-state index contributed by atoms with van der Waals surface area (Å²) in [5, 5.41) is 11.1. The summed E-state index contributed by atoms with van der Waals surface area (Å²) in [6.07, 6.45) is 0.655. The van der Waals surface area contributed by atoms with Crippen LogP contribution < -0.4 is 10.6 Å². The molecule has 29 heavy (non-hydrogen) atoms. The van der Waals surface area contributed by atoms with Gasteiger partial charge in [0.15, 0.2) is 0 Å². The van der Waals surface area contributed by atoms with Crippen LogP contribution in [0.4, 0.5) is 11.5 Å². The Morgan fingerprint density at radius 2 is 1.86 bits per heavy atom. The van der Waals surface area contributed by atoms with Gasteiger partial charge in [-0.15, -0.1) is 0 Å². The van der Waals surface area contributed by atoms with Gasteiger partial charge in [-0.3, -0.25) is 9.59 Å². The van der Waals surface area contributed by atoms with Crippen LogP contribution in [0.1, 0.15) is 25.1 Å². The first-order valence-electron chi connectivity index (χ1n) is 9.20. The SMILES string of the molecule is CCc1nn2c(c1-c1ccccc1)NC(=O)C2CC(=O)Nc1cc(Cl)cc(Cl)c1. The van der Waals surface area contributed by atoms with Gasteiger partial charge in [0.05, 0.1) is 12.1 Å². The molecule has 1 aliphatic rings. The lowest BCUT2D eigenvalue weighted by molar-refractivity contribution is -0.123. The van der Waals surface area contributed by atoms with E-state index in [1.54, 1.807) is 22.9 Å². The van der Waals surface area contributed by atoms with E-state index >= 15 is 0 Å². The Balaban J connectivity index is 1.60. The Morgan fingerprint density at radius 1 is 1.17 bits per heavy atom. The molecule has 0 radical (unpaired) electrons. The van der Waals surface area contributed by atoms with Crippen LogP contribution in [-0.4, -0.2) is 21.6 Å². The summed E-state index contributed by atoms with van der Waals surface area (Å²) in [7, 11) is 0. The van der Waals surface area contributed by atoms with E-state index in [0.717, 1.165) is 16.8 Å². The van der Waals surface area contributed by atoms with Crippen molar-refractivity contribution in [1.82, 2.24) is 9.78 Å². The minimum absolute atomic E-state index is 0.0535. The first-order valence-corrected chi connectivity index (χ1v) is 9.95. The van der Waals surface area contributed by atoms with E-state index in [1.165, 1.54) is 0 Å². The largest absolute Gasteiger partial charge is 0.326 e. The Hall–Kier alpha value is -2.83. The Labute approximate surface area is 177 Å². The molecule has 1 aromatic heterocycles. The molecule has 4 rings (SSSR count). The Kier molecular flexibility index (Phi) is 5.30. The maximum Gasteiger partial charge on any atom is 0.251 e. The van der Waals surface area contributed by atoms with Crippen LogP contribution in [-0.2, 0) is 16.0 Å². The normalized spacial score (nSPS) is 15.1. The number of fused-ring (bicyclic) bond motifs is 1. The van der Waals surface area contributed by atoms with E-state index < -0.39 is 6.04 Å². The fourth-order valence-electron chi connectivity index (χ4n) is 3.49. The average molecular weight is 429 g/mol. The van der Waals surface area contributed by atoms with Gasteiger partial charge in [0.1, 0.15) is 11.9 Å². The van der Waals surface area contributed by atoms with Crippen LogP contribution in [0.25, 0.3) is 11.1 Å². The highest BCUT2D eigenvalue weighted by Gasteiger charge is 2.36. The molecule has 6 nitrogen and oxygen atoms in total. The minimum atomic E-state index is -0.720. The van der Waals surface area contributed by atoms with Crippen molar-refractivity contribution in [3.8, 4) is 11.1 Å². The lowest BCUT2D eigenvalue weighted by Crippen LogP contribution is -2.24. The van der Waals surface area contributed by atoms with Crippen LogP contribution in [0.5, 0.6) is 0 Å². The lowest BCUT2D eigenvalue weighted by atomic mass is 10.0. The first-order chi connectivity index (χ1) is 14.0. The van der Waals surface area contributed by atoms with Crippen LogP contribution >= 0.6 is 23.2 Å². The molecule has 0 spiro atoms. The molecule has 0 aliphatic carbocycles. The summed E-state index contributed by atoms with van der Waals surface area (Å²) in [6.45, 7) is 2.01. The van der Waals surface area contributed by atoms with E-state index in [1.807, 2.05) is 37.3 Å². The van der Waals surface area contributed by atoms with Crippen LogP contribution in [0.2, 0.25) is 10.0 Å². The molecule has 2 amide bonds. The standard InChI is InChI=1S/C21H18Cl2N4O2/c1-2-16-19(12-6-4-3-5-7-12)20-25-21(29)17(27(20)26-16)11-18(28)24-15-9-13(22)8-14(23)10-15/h3-10,17H,2,11H2,1H3,(H,24,28)(H,25,29). The second-order valence-electron chi connectivity index (χ2n) is 6.75. The van der Waals surface area contributed by atoms with Gasteiger partial charge in [-0.1, -0.05) is 60.5 Å². The fraction of sp³-hybridized carbons (Fsp3) is 0.190. The number of nitrogens with zero attached hydrogens (tertiary/aromatic N) is 2. The number of hydrogen-bond acceptors (Lipinski definition) is 3. The molecule has 0 fully saturated rings. The van der Waals surface area contributed by atoms with E-state index in [-0.39, 0.29) is 18.2 Å². The molecule has 0 bridgehead atoms. The number of anilines is 2. The molecule has 3 aromatic rings. The van der Waals surface area contributed by atoms with Gasteiger partial charge in [-0.2, -0.15) is 5.10 Å². The number of benzene rings is 2.